The van der Waals surface area contributed by atoms with Crippen LogP contribution in [0.4, 0.5) is 0 Å². The van der Waals surface area contributed by atoms with Crippen molar-refractivity contribution in [3.05, 3.63) is 0 Å². The van der Waals surface area contributed by atoms with Crippen LogP contribution in [0, 0.1) is 5.92 Å². The topological polar surface area (TPSA) is 34.1 Å². The first-order chi connectivity index (χ1) is 5.18. The molecule has 0 aromatic carbocycles. The number of rotatable bonds is 0. The maximum atomic E-state index is 11.0. The Balaban J connectivity index is 2.47. The van der Waals surface area contributed by atoms with Crippen LogP contribution in [0.1, 0.15) is 39.0 Å². The summed E-state index contributed by atoms with van der Waals surface area (Å²) >= 11 is 0. The third-order valence-corrected chi connectivity index (χ3v) is 2.12. The van der Waals surface area contributed by atoms with Gasteiger partial charge in [-0.1, -0.05) is 6.92 Å². The van der Waals surface area contributed by atoms with Gasteiger partial charge >= 0.3 is 0 Å². The van der Waals surface area contributed by atoms with Gasteiger partial charge in [-0.2, -0.15) is 0 Å². The van der Waals surface area contributed by atoms with E-state index in [2.05, 4.69) is 6.92 Å². The van der Waals surface area contributed by atoms with E-state index in [1.54, 1.807) is 0 Å². The van der Waals surface area contributed by atoms with Crippen molar-refractivity contribution in [1.82, 2.24) is 0 Å². The summed E-state index contributed by atoms with van der Waals surface area (Å²) in [5.74, 6) is 0.736. The monoisotopic (exact) mass is 154 g/mol. The molecule has 1 atom stereocenters. The Morgan fingerprint density at radius 3 is 2.73 bits per heavy atom. The van der Waals surface area contributed by atoms with E-state index in [0.29, 0.717) is 18.8 Å². The molecule has 0 aromatic rings. The van der Waals surface area contributed by atoms with Gasteiger partial charge in [0.15, 0.2) is 0 Å². The van der Waals surface area contributed by atoms with Crippen molar-refractivity contribution in [2.24, 2.45) is 5.92 Å². The Hall–Kier alpha value is -0.660. The number of hydrogen-bond donors (Lipinski definition) is 0. The molecule has 0 spiro atoms. The number of Topliss-reactive ketones (excluding diaryl/α,β-unsaturated/α-hetero) is 2. The number of carbonyl (C=O) groups excluding carboxylic acids is 2. The standard InChI is InChI=1S/C9H14O2/c1-7-3-2-4-8(10)6-9(11)5-7/h7H,2-6H2,1H3. The molecule has 0 N–H and O–H groups in total. The van der Waals surface area contributed by atoms with Crippen molar-refractivity contribution in [3.63, 3.8) is 0 Å². The van der Waals surface area contributed by atoms with Crippen LogP contribution in [0.15, 0.2) is 0 Å². The van der Waals surface area contributed by atoms with Crippen molar-refractivity contribution < 1.29 is 9.59 Å². The molecule has 0 aliphatic heterocycles. The Bertz CT molecular complexity index is 172. The molecule has 0 saturated heterocycles. The fourth-order valence-electron chi connectivity index (χ4n) is 1.52. The first kappa shape index (κ1) is 8.44. The van der Waals surface area contributed by atoms with Gasteiger partial charge in [0.1, 0.15) is 11.6 Å². The zero-order chi connectivity index (χ0) is 8.27. The highest BCUT2D eigenvalue weighted by Crippen LogP contribution is 2.17. The van der Waals surface area contributed by atoms with Gasteiger partial charge in [0.25, 0.3) is 0 Å². The molecule has 1 unspecified atom stereocenters. The molecule has 1 aliphatic carbocycles. The third-order valence-electron chi connectivity index (χ3n) is 2.12. The summed E-state index contributed by atoms with van der Waals surface area (Å²) in [5.41, 5.74) is 0. The quantitative estimate of drug-likeness (QED) is 0.498. The van der Waals surface area contributed by atoms with Crippen molar-refractivity contribution in [2.45, 2.75) is 39.0 Å². The van der Waals surface area contributed by atoms with E-state index < -0.39 is 0 Å². The molecule has 0 bridgehead atoms. The average molecular weight is 154 g/mol. The minimum atomic E-state index is 0.127. The Morgan fingerprint density at radius 1 is 1.27 bits per heavy atom. The lowest BCUT2D eigenvalue weighted by Crippen LogP contribution is -2.14. The molecule has 62 valence electrons. The lowest BCUT2D eigenvalue weighted by atomic mass is 9.91. The number of ketones is 2. The zero-order valence-corrected chi connectivity index (χ0v) is 6.93. The van der Waals surface area contributed by atoms with Gasteiger partial charge in [0.05, 0.1) is 6.42 Å². The highest BCUT2D eigenvalue weighted by molar-refractivity contribution is 5.99. The van der Waals surface area contributed by atoms with E-state index in [9.17, 15) is 9.59 Å². The average Bonchev–Trinajstić information content (AvgIpc) is 1.83. The van der Waals surface area contributed by atoms with Crippen LogP contribution >= 0.6 is 0 Å². The predicted molar refractivity (Wildman–Crippen MR) is 42.3 cm³/mol. The van der Waals surface area contributed by atoms with Gasteiger partial charge in [-0.3, -0.25) is 9.59 Å². The molecule has 1 fully saturated rings. The van der Waals surface area contributed by atoms with E-state index in [1.165, 1.54) is 0 Å². The second kappa shape index (κ2) is 3.65. The molecule has 1 aliphatic rings. The van der Waals surface area contributed by atoms with Crippen LogP contribution in [0.2, 0.25) is 0 Å². The largest absolute Gasteiger partial charge is 0.299 e. The molecule has 0 amide bonds. The molecule has 0 aromatic heterocycles. The van der Waals surface area contributed by atoms with Crippen molar-refractivity contribution in [1.29, 1.82) is 0 Å². The molecule has 1 saturated carbocycles. The second-order valence-electron chi connectivity index (χ2n) is 3.46. The maximum absolute atomic E-state index is 11.0. The number of carbonyl (C=O) groups is 2. The van der Waals surface area contributed by atoms with Gasteiger partial charge in [-0.15, -0.1) is 0 Å². The molecular formula is C9H14O2. The summed E-state index contributed by atoms with van der Waals surface area (Å²) in [5, 5.41) is 0. The minimum absolute atomic E-state index is 0.127. The summed E-state index contributed by atoms with van der Waals surface area (Å²) in [7, 11) is 0. The zero-order valence-electron chi connectivity index (χ0n) is 6.93. The van der Waals surface area contributed by atoms with Gasteiger partial charge in [-0.05, 0) is 18.8 Å². The Morgan fingerprint density at radius 2 is 2.00 bits per heavy atom. The van der Waals surface area contributed by atoms with E-state index in [-0.39, 0.29) is 18.0 Å². The maximum Gasteiger partial charge on any atom is 0.140 e. The van der Waals surface area contributed by atoms with Crippen LogP contribution in [0.25, 0.3) is 0 Å². The Kier molecular flexibility index (Phi) is 2.80. The molecule has 0 heterocycles. The summed E-state index contributed by atoms with van der Waals surface area (Å²) in [6, 6.07) is 0. The van der Waals surface area contributed by atoms with Crippen molar-refractivity contribution in [2.75, 3.05) is 0 Å². The van der Waals surface area contributed by atoms with Crippen LogP contribution in [0.3, 0.4) is 0 Å². The van der Waals surface area contributed by atoms with Crippen LogP contribution in [-0.2, 0) is 9.59 Å². The van der Waals surface area contributed by atoms with Gasteiger partial charge < -0.3 is 0 Å². The second-order valence-corrected chi connectivity index (χ2v) is 3.46. The summed E-state index contributed by atoms with van der Waals surface area (Å²) < 4.78 is 0. The predicted octanol–water partition coefficient (Wildman–Crippen LogP) is 1.72. The van der Waals surface area contributed by atoms with Crippen molar-refractivity contribution >= 4 is 11.6 Å². The minimum Gasteiger partial charge on any atom is -0.299 e. The molecule has 0 radical (unpaired) electrons. The molecule has 1 rings (SSSR count). The highest BCUT2D eigenvalue weighted by Gasteiger charge is 2.16. The molecule has 11 heavy (non-hydrogen) atoms. The normalized spacial score (nSPS) is 27.9. The van der Waals surface area contributed by atoms with E-state index in [1.807, 2.05) is 0 Å². The van der Waals surface area contributed by atoms with Crippen LogP contribution in [0.5, 0.6) is 0 Å². The summed E-state index contributed by atoms with van der Waals surface area (Å²) in [4.78, 5) is 22.0. The fourth-order valence-corrected chi connectivity index (χ4v) is 1.52. The SMILES string of the molecule is CC1CCCC(=O)CC(=O)C1. The van der Waals surface area contributed by atoms with Crippen molar-refractivity contribution in [3.8, 4) is 0 Å². The Labute approximate surface area is 67.0 Å². The van der Waals surface area contributed by atoms with Crippen LogP contribution < -0.4 is 0 Å². The van der Waals surface area contributed by atoms with E-state index in [4.69, 9.17) is 0 Å². The molecule has 2 heteroatoms. The fraction of sp³-hybridized carbons (Fsp3) is 0.778. The lowest BCUT2D eigenvalue weighted by molar-refractivity contribution is -0.128. The van der Waals surface area contributed by atoms with Gasteiger partial charge in [0, 0.05) is 12.8 Å². The molecule has 2 nitrogen and oxygen atoms in total. The lowest BCUT2D eigenvalue weighted by Gasteiger charge is -2.12. The first-order valence-corrected chi connectivity index (χ1v) is 4.22. The van der Waals surface area contributed by atoms with Crippen LogP contribution in [-0.4, -0.2) is 11.6 Å². The van der Waals surface area contributed by atoms with Gasteiger partial charge in [0.2, 0.25) is 0 Å². The smallest absolute Gasteiger partial charge is 0.140 e. The third kappa shape index (κ3) is 2.83. The van der Waals surface area contributed by atoms with E-state index >= 15 is 0 Å². The van der Waals surface area contributed by atoms with E-state index in [0.717, 1.165) is 12.8 Å². The summed E-state index contributed by atoms with van der Waals surface area (Å²) in [6.07, 6.45) is 3.39. The highest BCUT2D eigenvalue weighted by atomic mass is 16.1. The summed E-state index contributed by atoms with van der Waals surface area (Å²) in [6.45, 7) is 2.08. The molecular weight excluding hydrogens is 140 g/mol. The van der Waals surface area contributed by atoms with Gasteiger partial charge in [-0.25, -0.2) is 0 Å². The number of hydrogen-bond acceptors (Lipinski definition) is 2. The first-order valence-electron chi connectivity index (χ1n) is 4.22.